The Morgan fingerprint density at radius 3 is 2.67 bits per heavy atom. The van der Waals surface area contributed by atoms with Gasteiger partial charge in [-0.2, -0.15) is 0 Å². The van der Waals surface area contributed by atoms with E-state index in [-0.39, 0.29) is 23.4 Å². The number of carbonyl (C=O) groups is 1. The Morgan fingerprint density at radius 1 is 1.21 bits per heavy atom. The molecule has 1 aromatic carbocycles. The molecule has 0 saturated heterocycles. The van der Waals surface area contributed by atoms with Gasteiger partial charge in [0, 0.05) is 23.7 Å². The van der Waals surface area contributed by atoms with Gasteiger partial charge in [-0.25, -0.2) is 0 Å². The molecule has 1 saturated carbocycles. The van der Waals surface area contributed by atoms with Crippen molar-refractivity contribution in [1.29, 1.82) is 0 Å². The van der Waals surface area contributed by atoms with Gasteiger partial charge < -0.3 is 9.73 Å². The highest BCUT2D eigenvalue weighted by Gasteiger charge is 2.20. The molecule has 7 heteroatoms. The third kappa shape index (κ3) is 3.59. The third-order valence-electron chi connectivity index (χ3n) is 4.20. The lowest BCUT2D eigenvalue weighted by Gasteiger charge is -2.22. The summed E-state index contributed by atoms with van der Waals surface area (Å²) < 4.78 is 5.57. The van der Waals surface area contributed by atoms with Crippen LogP contribution >= 0.6 is 11.6 Å². The summed E-state index contributed by atoms with van der Waals surface area (Å²) in [6.45, 7) is 0. The molecule has 24 heavy (non-hydrogen) atoms. The maximum absolute atomic E-state index is 12.3. The van der Waals surface area contributed by atoms with Crippen molar-refractivity contribution in [3.8, 4) is 11.3 Å². The van der Waals surface area contributed by atoms with E-state index in [0.29, 0.717) is 16.3 Å². The van der Waals surface area contributed by atoms with Crippen LogP contribution in [0.5, 0.6) is 0 Å². The van der Waals surface area contributed by atoms with Crippen LogP contribution in [0.2, 0.25) is 5.02 Å². The minimum atomic E-state index is -0.501. The van der Waals surface area contributed by atoms with E-state index in [9.17, 15) is 14.9 Å². The number of hydrogen-bond donors (Lipinski definition) is 1. The zero-order chi connectivity index (χ0) is 17.1. The lowest BCUT2D eigenvalue weighted by molar-refractivity contribution is -0.384. The summed E-state index contributed by atoms with van der Waals surface area (Å²) in [5.41, 5.74) is 0.307. The van der Waals surface area contributed by atoms with Crippen molar-refractivity contribution < 1.29 is 14.1 Å². The summed E-state index contributed by atoms with van der Waals surface area (Å²) in [7, 11) is 0. The fourth-order valence-electron chi connectivity index (χ4n) is 2.92. The molecule has 3 rings (SSSR count). The highest BCUT2D eigenvalue weighted by atomic mass is 35.5. The molecule has 1 amide bonds. The van der Waals surface area contributed by atoms with E-state index in [0.717, 1.165) is 25.7 Å². The normalized spacial score (nSPS) is 15.2. The van der Waals surface area contributed by atoms with Gasteiger partial charge >= 0.3 is 0 Å². The van der Waals surface area contributed by atoms with Crippen molar-refractivity contribution in [3.63, 3.8) is 0 Å². The van der Waals surface area contributed by atoms with Gasteiger partial charge in [0.15, 0.2) is 5.76 Å². The Morgan fingerprint density at radius 2 is 1.96 bits per heavy atom. The van der Waals surface area contributed by atoms with E-state index in [1.165, 1.54) is 24.6 Å². The minimum Gasteiger partial charge on any atom is -0.451 e. The van der Waals surface area contributed by atoms with Gasteiger partial charge in [0.05, 0.1) is 9.95 Å². The van der Waals surface area contributed by atoms with Crippen molar-refractivity contribution in [2.24, 2.45) is 0 Å². The van der Waals surface area contributed by atoms with E-state index >= 15 is 0 Å². The summed E-state index contributed by atoms with van der Waals surface area (Å²) in [6.07, 6.45) is 5.42. The van der Waals surface area contributed by atoms with E-state index < -0.39 is 4.92 Å². The zero-order valence-electron chi connectivity index (χ0n) is 13.0. The molecular weight excluding hydrogens is 332 g/mol. The molecule has 0 unspecified atom stereocenters. The zero-order valence-corrected chi connectivity index (χ0v) is 13.7. The number of nitro groups is 1. The molecule has 1 heterocycles. The van der Waals surface area contributed by atoms with Gasteiger partial charge in [0.2, 0.25) is 0 Å². The van der Waals surface area contributed by atoms with Gasteiger partial charge in [0.25, 0.3) is 11.6 Å². The summed E-state index contributed by atoms with van der Waals surface area (Å²) >= 11 is 6.10. The number of carbonyl (C=O) groups excluding carboxylic acids is 1. The summed E-state index contributed by atoms with van der Waals surface area (Å²) in [6, 6.07) is 7.44. The van der Waals surface area contributed by atoms with Crippen molar-refractivity contribution in [3.05, 3.63) is 51.2 Å². The molecule has 126 valence electrons. The summed E-state index contributed by atoms with van der Waals surface area (Å²) in [4.78, 5) is 22.7. The van der Waals surface area contributed by atoms with Crippen LogP contribution in [0.15, 0.2) is 34.7 Å². The predicted octanol–water partition coefficient (Wildman–Crippen LogP) is 4.57. The first-order valence-corrected chi connectivity index (χ1v) is 8.27. The van der Waals surface area contributed by atoms with Crippen LogP contribution in [0, 0.1) is 10.1 Å². The number of hydrogen-bond acceptors (Lipinski definition) is 4. The van der Waals surface area contributed by atoms with E-state index in [4.69, 9.17) is 16.0 Å². The number of benzene rings is 1. The van der Waals surface area contributed by atoms with Gasteiger partial charge in [-0.3, -0.25) is 14.9 Å². The number of nitrogens with zero attached hydrogens (tertiary/aromatic N) is 1. The molecule has 1 fully saturated rings. The maximum Gasteiger partial charge on any atom is 0.287 e. The summed E-state index contributed by atoms with van der Waals surface area (Å²) in [5, 5.41) is 14.2. The van der Waals surface area contributed by atoms with Gasteiger partial charge in [-0.15, -0.1) is 0 Å². The third-order valence-corrected chi connectivity index (χ3v) is 4.53. The first-order chi connectivity index (χ1) is 11.5. The van der Waals surface area contributed by atoms with Crippen LogP contribution in [0.4, 0.5) is 5.69 Å². The number of amides is 1. The topological polar surface area (TPSA) is 85.4 Å². The number of furan rings is 1. The van der Waals surface area contributed by atoms with Crippen LogP contribution in [-0.2, 0) is 0 Å². The lowest BCUT2D eigenvalue weighted by Crippen LogP contribution is -2.35. The number of nitro benzene ring substituents is 1. The fourth-order valence-corrected chi connectivity index (χ4v) is 3.13. The van der Waals surface area contributed by atoms with Crippen molar-refractivity contribution in [2.75, 3.05) is 0 Å². The second kappa shape index (κ2) is 7.05. The summed E-state index contributed by atoms with van der Waals surface area (Å²) in [5.74, 6) is 0.241. The largest absolute Gasteiger partial charge is 0.451 e. The molecule has 1 aliphatic carbocycles. The van der Waals surface area contributed by atoms with Crippen LogP contribution in [0.1, 0.15) is 42.7 Å². The number of halogens is 1. The van der Waals surface area contributed by atoms with Crippen LogP contribution in [-0.4, -0.2) is 16.9 Å². The van der Waals surface area contributed by atoms with Crippen LogP contribution in [0.25, 0.3) is 11.3 Å². The molecule has 0 bridgehead atoms. The fraction of sp³-hybridized carbons (Fsp3) is 0.353. The smallest absolute Gasteiger partial charge is 0.287 e. The Bertz CT molecular complexity index is 766. The predicted molar refractivity (Wildman–Crippen MR) is 90.1 cm³/mol. The van der Waals surface area contributed by atoms with Crippen molar-refractivity contribution in [1.82, 2.24) is 5.32 Å². The first-order valence-electron chi connectivity index (χ1n) is 7.89. The molecule has 1 aliphatic rings. The monoisotopic (exact) mass is 348 g/mol. The van der Waals surface area contributed by atoms with Gasteiger partial charge in [-0.1, -0.05) is 30.9 Å². The van der Waals surface area contributed by atoms with Crippen LogP contribution < -0.4 is 5.32 Å². The average Bonchev–Trinajstić information content (AvgIpc) is 3.06. The molecular formula is C17H17ClN2O4. The Balaban J connectivity index is 1.79. The Labute approximate surface area is 143 Å². The number of rotatable bonds is 4. The van der Waals surface area contributed by atoms with Gasteiger partial charge in [0.1, 0.15) is 5.76 Å². The molecule has 0 spiro atoms. The van der Waals surface area contributed by atoms with E-state index in [1.807, 2.05) is 0 Å². The van der Waals surface area contributed by atoms with E-state index in [1.54, 1.807) is 12.1 Å². The lowest BCUT2D eigenvalue weighted by atomic mass is 9.95. The van der Waals surface area contributed by atoms with Crippen molar-refractivity contribution >= 4 is 23.2 Å². The maximum atomic E-state index is 12.3. The molecule has 0 aliphatic heterocycles. The second-order valence-corrected chi connectivity index (χ2v) is 6.30. The van der Waals surface area contributed by atoms with Crippen LogP contribution in [0.3, 0.4) is 0 Å². The molecule has 6 nitrogen and oxygen atoms in total. The molecule has 1 aromatic heterocycles. The van der Waals surface area contributed by atoms with Gasteiger partial charge in [-0.05, 0) is 31.0 Å². The molecule has 2 aromatic rings. The highest BCUT2D eigenvalue weighted by Crippen LogP contribution is 2.32. The first kappa shape index (κ1) is 16.5. The minimum absolute atomic E-state index is 0.0843. The number of nitrogens with one attached hydrogen (secondary N) is 1. The average molecular weight is 349 g/mol. The Hall–Kier alpha value is -2.34. The number of non-ortho nitro benzene ring substituents is 1. The standard InChI is InChI=1S/C17H17ClN2O4/c18-14-7-6-12(20(22)23)10-13(14)15-8-9-16(24-15)17(21)19-11-4-2-1-3-5-11/h6-11H,1-5H2,(H,19,21). The van der Waals surface area contributed by atoms with Crippen molar-refractivity contribution in [2.45, 2.75) is 38.1 Å². The quantitative estimate of drug-likeness (QED) is 0.647. The SMILES string of the molecule is O=C(NC1CCCCC1)c1ccc(-c2cc([N+](=O)[O-])ccc2Cl)o1. The molecule has 0 atom stereocenters. The molecule has 1 N–H and O–H groups in total. The highest BCUT2D eigenvalue weighted by molar-refractivity contribution is 6.33. The molecule has 0 radical (unpaired) electrons. The Kier molecular flexibility index (Phi) is 4.85. The second-order valence-electron chi connectivity index (χ2n) is 5.89. The van der Waals surface area contributed by atoms with E-state index in [2.05, 4.69) is 5.32 Å².